The van der Waals surface area contributed by atoms with Gasteiger partial charge in [-0.3, -0.25) is 0 Å². The highest BCUT2D eigenvalue weighted by atomic mass is 16.5. The van der Waals surface area contributed by atoms with Crippen LogP contribution in [0.1, 0.15) is 45.6 Å². The molecule has 0 atom stereocenters. The number of benzene rings is 1. The highest BCUT2D eigenvalue weighted by Gasteiger charge is 2.30. The van der Waals surface area contributed by atoms with Crippen LogP contribution in [0.5, 0.6) is 0 Å². The molecule has 1 aromatic carbocycles. The van der Waals surface area contributed by atoms with Crippen molar-refractivity contribution in [3.63, 3.8) is 0 Å². The van der Waals surface area contributed by atoms with Crippen molar-refractivity contribution < 1.29 is 19.0 Å². The molecule has 1 aliphatic rings. The van der Waals surface area contributed by atoms with Crippen molar-refractivity contribution in [3.05, 3.63) is 35.9 Å². The second kappa shape index (κ2) is 9.93. The number of rotatable bonds is 9. The summed E-state index contributed by atoms with van der Waals surface area (Å²) in [5, 5.41) is 0. The molecule has 1 aromatic rings. The minimum atomic E-state index is -0.281. The lowest BCUT2D eigenvalue weighted by Crippen LogP contribution is -2.46. The normalized spacial score (nSPS) is 19.7. The van der Waals surface area contributed by atoms with E-state index in [4.69, 9.17) is 14.2 Å². The summed E-state index contributed by atoms with van der Waals surface area (Å²) in [5.74, 6) is 0.602. The van der Waals surface area contributed by atoms with Gasteiger partial charge in [0.1, 0.15) is 0 Å². The molecule has 26 heavy (non-hydrogen) atoms. The van der Waals surface area contributed by atoms with Gasteiger partial charge in [0.15, 0.2) is 0 Å². The minimum Gasteiger partial charge on any atom is -0.453 e. The molecule has 0 unspecified atom stereocenters. The van der Waals surface area contributed by atoms with Gasteiger partial charge in [-0.25, -0.2) is 4.79 Å². The molecule has 1 aliphatic carbocycles. The Hall–Kier alpha value is -1.59. The van der Waals surface area contributed by atoms with Crippen LogP contribution in [0.15, 0.2) is 30.3 Å². The summed E-state index contributed by atoms with van der Waals surface area (Å²) in [5.41, 5.74) is 0.971. The number of hydrogen-bond donors (Lipinski definition) is 0. The third-order valence-corrected chi connectivity index (χ3v) is 4.74. The van der Waals surface area contributed by atoms with E-state index in [0.29, 0.717) is 31.8 Å². The quantitative estimate of drug-likeness (QED) is 0.615. The van der Waals surface area contributed by atoms with Crippen molar-refractivity contribution in [2.24, 2.45) is 5.92 Å². The molecule has 146 valence electrons. The van der Waals surface area contributed by atoms with Crippen molar-refractivity contribution in [3.8, 4) is 0 Å². The largest absolute Gasteiger partial charge is 0.453 e. The summed E-state index contributed by atoms with van der Waals surface area (Å²) in [6.45, 7) is 8.83. The number of ether oxygens (including phenoxy) is 3. The van der Waals surface area contributed by atoms with Crippen LogP contribution in [0, 0.1) is 5.92 Å². The maximum Gasteiger partial charge on any atom is 0.409 e. The van der Waals surface area contributed by atoms with Gasteiger partial charge in [-0.1, -0.05) is 30.3 Å². The molecular weight excluding hydrogens is 330 g/mol. The van der Waals surface area contributed by atoms with Gasteiger partial charge in [0, 0.05) is 18.7 Å². The van der Waals surface area contributed by atoms with E-state index in [1.165, 1.54) is 12.7 Å². The van der Waals surface area contributed by atoms with Crippen LogP contribution in [0.2, 0.25) is 0 Å². The van der Waals surface area contributed by atoms with Crippen LogP contribution in [-0.4, -0.2) is 49.5 Å². The summed E-state index contributed by atoms with van der Waals surface area (Å²) >= 11 is 0. The lowest BCUT2D eigenvalue weighted by molar-refractivity contribution is -0.0607. The lowest BCUT2D eigenvalue weighted by atomic mass is 9.83. The van der Waals surface area contributed by atoms with E-state index in [-0.39, 0.29) is 11.6 Å². The Bertz CT molecular complexity index is 535. The zero-order valence-corrected chi connectivity index (χ0v) is 16.6. The molecule has 5 nitrogen and oxygen atoms in total. The van der Waals surface area contributed by atoms with Crippen LogP contribution in [0.4, 0.5) is 4.79 Å². The van der Waals surface area contributed by atoms with Crippen molar-refractivity contribution in [2.75, 3.05) is 26.9 Å². The number of carbonyl (C=O) groups excluding carboxylic acids is 1. The van der Waals surface area contributed by atoms with E-state index in [2.05, 4.69) is 12.1 Å². The smallest absolute Gasteiger partial charge is 0.409 e. The van der Waals surface area contributed by atoms with E-state index in [9.17, 15) is 4.79 Å². The van der Waals surface area contributed by atoms with Gasteiger partial charge in [-0.15, -0.1) is 0 Å². The Balaban J connectivity index is 1.53. The SMILES string of the molecule is COC(=O)N(CCCOC1CC(COCc2ccccc2)C1)C(C)(C)C. The molecule has 5 heteroatoms. The van der Waals surface area contributed by atoms with E-state index < -0.39 is 0 Å². The summed E-state index contributed by atoms with van der Waals surface area (Å²) in [7, 11) is 1.42. The van der Waals surface area contributed by atoms with Gasteiger partial charge in [0.05, 0.1) is 26.4 Å². The lowest BCUT2D eigenvalue weighted by Gasteiger charge is -2.36. The highest BCUT2D eigenvalue weighted by molar-refractivity contribution is 5.68. The van der Waals surface area contributed by atoms with E-state index in [1.54, 1.807) is 4.90 Å². The molecule has 0 heterocycles. The van der Waals surface area contributed by atoms with E-state index >= 15 is 0 Å². The minimum absolute atomic E-state index is 0.245. The highest BCUT2D eigenvalue weighted by Crippen LogP contribution is 2.30. The first-order valence-electron chi connectivity index (χ1n) is 9.49. The van der Waals surface area contributed by atoms with Gasteiger partial charge >= 0.3 is 6.09 Å². The Kier molecular flexibility index (Phi) is 7.91. The molecule has 0 aromatic heterocycles. The number of nitrogens with zero attached hydrogens (tertiary/aromatic N) is 1. The number of hydrogen-bond acceptors (Lipinski definition) is 4. The third-order valence-electron chi connectivity index (χ3n) is 4.74. The molecule has 0 spiro atoms. The summed E-state index contributed by atoms with van der Waals surface area (Å²) in [6.07, 6.45) is 3.00. The summed E-state index contributed by atoms with van der Waals surface area (Å²) in [4.78, 5) is 13.6. The maximum atomic E-state index is 11.8. The monoisotopic (exact) mass is 363 g/mol. The fourth-order valence-electron chi connectivity index (χ4n) is 3.15. The molecule has 0 N–H and O–H groups in total. The van der Waals surface area contributed by atoms with Crippen LogP contribution in [0.3, 0.4) is 0 Å². The van der Waals surface area contributed by atoms with Gasteiger partial charge in [-0.05, 0) is 51.5 Å². The standard InChI is InChI=1S/C21H33NO4/c1-21(2,3)22(20(23)24-4)11-8-12-26-19-13-18(14-19)16-25-15-17-9-6-5-7-10-17/h5-7,9-10,18-19H,8,11-16H2,1-4H3. The second-order valence-corrected chi connectivity index (χ2v) is 7.98. The molecule has 1 saturated carbocycles. The molecule has 2 rings (SSSR count). The summed E-state index contributed by atoms with van der Waals surface area (Å²) in [6, 6.07) is 10.3. The van der Waals surface area contributed by atoms with Crippen molar-refractivity contribution in [1.29, 1.82) is 0 Å². The zero-order valence-electron chi connectivity index (χ0n) is 16.6. The Labute approximate surface area is 157 Å². The molecule has 0 saturated heterocycles. The van der Waals surface area contributed by atoms with Crippen LogP contribution >= 0.6 is 0 Å². The Morgan fingerprint density at radius 1 is 1.19 bits per heavy atom. The van der Waals surface area contributed by atoms with Crippen molar-refractivity contribution in [2.45, 2.75) is 58.3 Å². The summed E-state index contributed by atoms with van der Waals surface area (Å²) < 4.78 is 16.6. The Morgan fingerprint density at radius 3 is 2.50 bits per heavy atom. The predicted molar refractivity (Wildman–Crippen MR) is 102 cm³/mol. The van der Waals surface area contributed by atoms with Crippen LogP contribution in [-0.2, 0) is 20.8 Å². The molecular formula is C21H33NO4. The van der Waals surface area contributed by atoms with Crippen molar-refractivity contribution >= 4 is 6.09 Å². The molecule has 0 aliphatic heterocycles. The first kappa shape index (κ1) is 20.7. The fourth-order valence-corrected chi connectivity index (χ4v) is 3.15. The average Bonchev–Trinajstić information content (AvgIpc) is 2.57. The average molecular weight is 363 g/mol. The van der Waals surface area contributed by atoms with E-state index in [0.717, 1.165) is 25.9 Å². The molecule has 0 bridgehead atoms. The maximum absolute atomic E-state index is 11.8. The second-order valence-electron chi connectivity index (χ2n) is 7.98. The predicted octanol–water partition coefficient (Wildman–Crippen LogP) is 4.26. The molecule has 0 radical (unpaired) electrons. The number of carbonyl (C=O) groups is 1. The zero-order chi connectivity index (χ0) is 19.0. The fraction of sp³-hybridized carbons (Fsp3) is 0.667. The molecule has 1 fully saturated rings. The number of methoxy groups -OCH3 is 1. The van der Waals surface area contributed by atoms with Gasteiger partial charge in [0.2, 0.25) is 0 Å². The van der Waals surface area contributed by atoms with Gasteiger partial charge in [0.25, 0.3) is 0 Å². The van der Waals surface area contributed by atoms with Crippen LogP contribution < -0.4 is 0 Å². The molecule has 1 amide bonds. The number of amides is 1. The Morgan fingerprint density at radius 2 is 1.88 bits per heavy atom. The van der Waals surface area contributed by atoms with Crippen molar-refractivity contribution in [1.82, 2.24) is 4.90 Å². The topological polar surface area (TPSA) is 48.0 Å². The van der Waals surface area contributed by atoms with E-state index in [1.807, 2.05) is 39.0 Å². The van der Waals surface area contributed by atoms with Gasteiger partial charge < -0.3 is 19.1 Å². The van der Waals surface area contributed by atoms with Gasteiger partial charge in [-0.2, -0.15) is 0 Å². The van der Waals surface area contributed by atoms with Crippen LogP contribution in [0.25, 0.3) is 0 Å². The third kappa shape index (κ3) is 6.61. The first-order chi connectivity index (χ1) is 12.4. The first-order valence-corrected chi connectivity index (χ1v) is 9.49.